The first kappa shape index (κ1) is 34.0. The molecular weight excluding hydrogens is 687 g/mol. The molecule has 0 atom stereocenters. The van der Waals surface area contributed by atoms with E-state index in [1.807, 2.05) is 0 Å². The number of rotatable bonds is 8. The molecule has 0 radical (unpaired) electrons. The van der Waals surface area contributed by atoms with E-state index in [4.69, 9.17) is 0 Å². The van der Waals surface area contributed by atoms with Gasteiger partial charge >= 0.3 is 0 Å². The SMILES string of the molecule is c1ccc(-c2ccc(-c3ccc(N(c4ccc(-c5cc6ccccc6c6ccccc56)cc4)c4ccc(-c5ccccc5)cc4-c4ccccc4)cc3)cc2)cc1. The van der Waals surface area contributed by atoms with Crippen molar-refractivity contribution in [3.05, 3.63) is 237 Å². The third kappa shape index (κ3) is 6.66. The molecule has 0 saturated carbocycles. The maximum Gasteiger partial charge on any atom is 0.0540 e. The summed E-state index contributed by atoms with van der Waals surface area (Å²) in [6.07, 6.45) is 0. The van der Waals surface area contributed by atoms with Crippen LogP contribution in [0, 0.1) is 0 Å². The lowest BCUT2D eigenvalue weighted by molar-refractivity contribution is 1.28. The highest BCUT2D eigenvalue weighted by Gasteiger charge is 2.19. The Bertz CT molecular complexity index is 2950. The minimum absolute atomic E-state index is 1.09. The molecule has 57 heavy (non-hydrogen) atoms. The molecule has 268 valence electrons. The molecule has 0 aromatic heterocycles. The lowest BCUT2D eigenvalue weighted by Gasteiger charge is -2.29. The normalized spacial score (nSPS) is 11.2. The quantitative estimate of drug-likeness (QED) is 0.141. The van der Waals surface area contributed by atoms with E-state index in [1.165, 1.54) is 77.2 Å². The molecule has 0 N–H and O–H groups in total. The van der Waals surface area contributed by atoms with Gasteiger partial charge in [-0.2, -0.15) is 0 Å². The van der Waals surface area contributed by atoms with Gasteiger partial charge in [0.05, 0.1) is 5.69 Å². The van der Waals surface area contributed by atoms with Crippen LogP contribution in [0.25, 0.3) is 77.2 Å². The first-order chi connectivity index (χ1) is 28.3. The van der Waals surface area contributed by atoms with E-state index in [0.717, 1.165) is 17.1 Å². The molecule has 0 unspecified atom stereocenters. The second kappa shape index (κ2) is 15.0. The Kier molecular flexibility index (Phi) is 8.95. The van der Waals surface area contributed by atoms with E-state index in [1.54, 1.807) is 0 Å². The summed E-state index contributed by atoms with van der Waals surface area (Å²) in [7, 11) is 0. The van der Waals surface area contributed by atoms with E-state index in [-0.39, 0.29) is 0 Å². The summed E-state index contributed by atoms with van der Waals surface area (Å²) < 4.78 is 0. The molecule has 0 aliphatic heterocycles. The van der Waals surface area contributed by atoms with E-state index in [2.05, 4.69) is 241 Å². The predicted molar refractivity (Wildman–Crippen MR) is 243 cm³/mol. The molecule has 0 bridgehead atoms. The van der Waals surface area contributed by atoms with Gasteiger partial charge in [0.15, 0.2) is 0 Å². The molecule has 0 aliphatic carbocycles. The van der Waals surface area contributed by atoms with Crippen LogP contribution in [0.2, 0.25) is 0 Å². The zero-order valence-corrected chi connectivity index (χ0v) is 31.5. The Hall–Kier alpha value is -7.48. The van der Waals surface area contributed by atoms with Gasteiger partial charge in [0.1, 0.15) is 0 Å². The highest BCUT2D eigenvalue weighted by molar-refractivity contribution is 6.13. The Labute approximate surface area is 334 Å². The second-order valence-corrected chi connectivity index (χ2v) is 14.5. The van der Waals surface area contributed by atoms with Gasteiger partial charge in [-0.3, -0.25) is 0 Å². The minimum Gasteiger partial charge on any atom is -0.310 e. The van der Waals surface area contributed by atoms with Crippen molar-refractivity contribution in [2.24, 2.45) is 0 Å². The van der Waals surface area contributed by atoms with Crippen molar-refractivity contribution in [3.8, 4) is 55.6 Å². The van der Waals surface area contributed by atoms with Gasteiger partial charge in [0.2, 0.25) is 0 Å². The third-order valence-electron chi connectivity index (χ3n) is 11.1. The molecule has 0 saturated heterocycles. The van der Waals surface area contributed by atoms with Gasteiger partial charge in [-0.15, -0.1) is 0 Å². The fourth-order valence-electron chi connectivity index (χ4n) is 8.19. The summed E-state index contributed by atoms with van der Waals surface area (Å²) in [5.74, 6) is 0. The average Bonchev–Trinajstić information content (AvgIpc) is 3.30. The van der Waals surface area contributed by atoms with Crippen LogP contribution in [-0.4, -0.2) is 0 Å². The molecule has 0 aliphatic rings. The third-order valence-corrected chi connectivity index (χ3v) is 11.1. The highest BCUT2D eigenvalue weighted by Crippen LogP contribution is 2.44. The Balaban J connectivity index is 1.10. The van der Waals surface area contributed by atoms with Crippen molar-refractivity contribution >= 4 is 38.6 Å². The van der Waals surface area contributed by atoms with Crippen molar-refractivity contribution in [2.45, 2.75) is 0 Å². The highest BCUT2D eigenvalue weighted by atomic mass is 15.1. The Morgan fingerprint density at radius 1 is 0.228 bits per heavy atom. The number of benzene rings is 10. The van der Waals surface area contributed by atoms with Gasteiger partial charge in [0, 0.05) is 16.9 Å². The molecule has 1 nitrogen and oxygen atoms in total. The first-order valence-corrected chi connectivity index (χ1v) is 19.6. The smallest absolute Gasteiger partial charge is 0.0540 e. The molecule has 0 spiro atoms. The lowest BCUT2D eigenvalue weighted by Crippen LogP contribution is -2.11. The number of hydrogen-bond acceptors (Lipinski definition) is 1. The van der Waals surface area contributed by atoms with E-state index in [9.17, 15) is 0 Å². The monoisotopic (exact) mass is 725 g/mol. The van der Waals surface area contributed by atoms with Crippen LogP contribution in [0.3, 0.4) is 0 Å². The van der Waals surface area contributed by atoms with Gasteiger partial charge < -0.3 is 4.90 Å². The van der Waals surface area contributed by atoms with Crippen LogP contribution in [0.4, 0.5) is 17.1 Å². The largest absolute Gasteiger partial charge is 0.310 e. The molecule has 1 heteroatoms. The maximum absolute atomic E-state index is 2.40. The first-order valence-electron chi connectivity index (χ1n) is 19.6. The Morgan fingerprint density at radius 2 is 0.614 bits per heavy atom. The number of fused-ring (bicyclic) bond motifs is 3. The van der Waals surface area contributed by atoms with Crippen LogP contribution in [0.1, 0.15) is 0 Å². The van der Waals surface area contributed by atoms with Crippen molar-refractivity contribution < 1.29 is 0 Å². The average molecular weight is 726 g/mol. The molecule has 0 fully saturated rings. The number of hydrogen-bond donors (Lipinski definition) is 0. The van der Waals surface area contributed by atoms with Crippen molar-refractivity contribution in [1.82, 2.24) is 0 Å². The minimum atomic E-state index is 1.09. The summed E-state index contributed by atoms with van der Waals surface area (Å²) in [4.78, 5) is 2.40. The molecule has 10 rings (SSSR count). The van der Waals surface area contributed by atoms with Crippen LogP contribution >= 0.6 is 0 Å². The number of nitrogens with zero attached hydrogens (tertiary/aromatic N) is 1. The van der Waals surface area contributed by atoms with Crippen molar-refractivity contribution in [3.63, 3.8) is 0 Å². The molecule has 0 amide bonds. The van der Waals surface area contributed by atoms with Crippen LogP contribution in [0.15, 0.2) is 237 Å². The maximum atomic E-state index is 2.40. The van der Waals surface area contributed by atoms with Crippen molar-refractivity contribution in [1.29, 1.82) is 0 Å². The summed E-state index contributed by atoms with van der Waals surface area (Å²) in [5, 5.41) is 5.06. The van der Waals surface area contributed by atoms with Crippen molar-refractivity contribution in [2.75, 3.05) is 4.90 Å². The zero-order chi connectivity index (χ0) is 38.0. The molecule has 10 aromatic carbocycles. The summed E-state index contributed by atoms with van der Waals surface area (Å²) in [5.41, 5.74) is 15.3. The van der Waals surface area contributed by atoms with E-state index < -0.39 is 0 Å². The van der Waals surface area contributed by atoms with E-state index >= 15 is 0 Å². The van der Waals surface area contributed by atoms with Gasteiger partial charge in [-0.1, -0.05) is 194 Å². The fourth-order valence-corrected chi connectivity index (χ4v) is 8.19. The molecule has 10 aromatic rings. The van der Waals surface area contributed by atoms with Crippen LogP contribution < -0.4 is 4.90 Å². The van der Waals surface area contributed by atoms with Gasteiger partial charge in [-0.05, 0) is 114 Å². The van der Waals surface area contributed by atoms with Gasteiger partial charge in [-0.25, -0.2) is 0 Å². The Morgan fingerprint density at radius 3 is 1.19 bits per heavy atom. The topological polar surface area (TPSA) is 3.24 Å². The summed E-state index contributed by atoms with van der Waals surface area (Å²) in [6.45, 7) is 0. The fraction of sp³-hybridized carbons (Fsp3) is 0. The lowest BCUT2D eigenvalue weighted by atomic mass is 9.93. The summed E-state index contributed by atoms with van der Waals surface area (Å²) >= 11 is 0. The molecular formula is C56H39N. The zero-order valence-electron chi connectivity index (χ0n) is 31.5. The number of anilines is 3. The van der Waals surface area contributed by atoms with Crippen LogP contribution in [-0.2, 0) is 0 Å². The second-order valence-electron chi connectivity index (χ2n) is 14.5. The van der Waals surface area contributed by atoms with Crippen LogP contribution in [0.5, 0.6) is 0 Å². The standard InChI is InChI=1S/C56H39N/c1-4-14-40(15-5-1)42-24-26-43(27-25-42)44-28-33-49(34-29-44)57(56-37-32-47(41-16-6-2-7-17-41)38-55(56)45-18-8-3-9-19-45)50-35-30-46(31-36-50)54-39-48-20-10-11-21-51(48)52-22-12-13-23-53(52)54/h1-39H. The molecule has 0 heterocycles. The van der Waals surface area contributed by atoms with Gasteiger partial charge in [0.25, 0.3) is 0 Å². The summed E-state index contributed by atoms with van der Waals surface area (Å²) in [6, 6.07) is 85.6. The van der Waals surface area contributed by atoms with E-state index in [0.29, 0.717) is 0 Å². The predicted octanol–water partition coefficient (Wildman–Crippen LogP) is 15.8.